The van der Waals surface area contributed by atoms with Gasteiger partial charge in [-0.1, -0.05) is 12.1 Å². The molecule has 1 aromatic carbocycles. The molecule has 0 aliphatic carbocycles. The van der Waals surface area contributed by atoms with Crippen LogP contribution in [0, 0.1) is 0 Å². The highest BCUT2D eigenvalue weighted by molar-refractivity contribution is 7.91. The number of methoxy groups -OCH3 is 1. The van der Waals surface area contributed by atoms with Gasteiger partial charge in [-0.25, -0.2) is 8.42 Å². The van der Waals surface area contributed by atoms with Gasteiger partial charge in [0.2, 0.25) is 0 Å². The van der Waals surface area contributed by atoms with Crippen LogP contribution >= 0.6 is 11.3 Å². The lowest BCUT2D eigenvalue weighted by atomic mass is 10.1. The minimum absolute atomic E-state index is 0.238. The number of amides is 1. The molecule has 34 heavy (non-hydrogen) atoms. The minimum Gasteiger partial charge on any atom is -0.497 e. The van der Waals surface area contributed by atoms with Crippen molar-refractivity contribution in [3.8, 4) is 5.75 Å². The fraction of sp³-hybridized carbons (Fsp3) is 0.333. The number of carbonyl (C=O) groups is 1. The summed E-state index contributed by atoms with van der Waals surface area (Å²) in [7, 11) is -2.00. The van der Waals surface area contributed by atoms with E-state index in [1.54, 1.807) is 54.0 Å². The number of aromatic nitrogens is 1. The molecule has 0 radical (unpaired) electrons. The van der Waals surface area contributed by atoms with E-state index >= 15 is 0 Å². The van der Waals surface area contributed by atoms with Gasteiger partial charge in [0.1, 0.15) is 9.96 Å². The van der Waals surface area contributed by atoms with E-state index in [0.717, 1.165) is 29.8 Å². The number of pyridine rings is 1. The molecule has 1 amide bonds. The van der Waals surface area contributed by atoms with Crippen molar-refractivity contribution in [3.05, 3.63) is 76.9 Å². The second-order valence-electron chi connectivity index (χ2n) is 8.06. The summed E-state index contributed by atoms with van der Waals surface area (Å²) in [4.78, 5) is 17.3. The second-order valence-corrected chi connectivity index (χ2v) is 11.4. The number of ether oxygens (including phenoxy) is 1. The zero-order valence-electron chi connectivity index (χ0n) is 18.9. The molecule has 0 atom stereocenters. The SMILES string of the molecule is COc1cccc(C(=O)NCc2ccc(S(=O)(=O)N3CCC(NCc4cccnc4)CC3)s2)c1. The lowest BCUT2D eigenvalue weighted by molar-refractivity contribution is 0.0951. The predicted molar refractivity (Wildman–Crippen MR) is 131 cm³/mol. The zero-order chi connectivity index (χ0) is 24.0. The Morgan fingerprint density at radius 3 is 2.71 bits per heavy atom. The minimum atomic E-state index is -3.55. The van der Waals surface area contributed by atoms with Gasteiger partial charge in [0, 0.05) is 48.5 Å². The summed E-state index contributed by atoms with van der Waals surface area (Å²) < 4.78 is 33.3. The molecule has 1 aliphatic heterocycles. The largest absolute Gasteiger partial charge is 0.497 e. The summed E-state index contributed by atoms with van der Waals surface area (Å²) in [5, 5.41) is 6.33. The molecule has 1 fully saturated rings. The van der Waals surface area contributed by atoms with Crippen LogP contribution in [-0.4, -0.2) is 49.9 Å². The van der Waals surface area contributed by atoms with Crippen molar-refractivity contribution >= 4 is 27.3 Å². The Bertz CT molecular complexity index is 1210. The standard InChI is InChI=1S/C24H28N4O4S2/c1-32-21-6-2-5-19(14-21)24(29)27-17-22-7-8-23(33-22)34(30,31)28-12-9-20(10-13-28)26-16-18-4-3-11-25-15-18/h2-8,11,14-15,20,26H,9-10,12-13,16-17H2,1H3,(H,27,29). The molecule has 1 saturated heterocycles. The molecular formula is C24H28N4O4S2. The van der Waals surface area contributed by atoms with E-state index in [-0.39, 0.29) is 18.5 Å². The Hall–Kier alpha value is -2.79. The van der Waals surface area contributed by atoms with E-state index in [4.69, 9.17) is 4.74 Å². The third-order valence-corrected chi connectivity index (χ3v) is 9.21. The molecule has 1 aliphatic rings. The number of nitrogens with one attached hydrogen (secondary N) is 2. The maximum absolute atomic E-state index is 13.1. The van der Waals surface area contributed by atoms with Crippen LogP contribution in [-0.2, 0) is 23.1 Å². The normalized spacial score (nSPS) is 15.2. The summed E-state index contributed by atoms with van der Waals surface area (Å²) in [6.45, 7) is 1.94. The number of hydrogen-bond acceptors (Lipinski definition) is 7. The van der Waals surface area contributed by atoms with Crippen LogP contribution in [0.1, 0.15) is 33.6 Å². The lowest BCUT2D eigenvalue weighted by Gasteiger charge is -2.31. The molecule has 4 rings (SSSR count). The van der Waals surface area contributed by atoms with Gasteiger partial charge in [-0.05, 0) is 54.8 Å². The summed E-state index contributed by atoms with van der Waals surface area (Å²) in [5.74, 6) is 0.366. The number of carbonyl (C=O) groups excluding carboxylic acids is 1. The molecule has 180 valence electrons. The summed E-state index contributed by atoms with van der Waals surface area (Å²) in [5.41, 5.74) is 1.60. The quantitative estimate of drug-likeness (QED) is 0.469. The van der Waals surface area contributed by atoms with Gasteiger partial charge < -0.3 is 15.4 Å². The molecule has 2 aromatic heterocycles. The van der Waals surface area contributed by atoms with Gasteiger partial charge in [0.25, 0.3) is 15.9 Å². The van der Waals surface area contributed by atoms with Crippen LogP contribution in [0.3, 0.4) is 0 Å². The number of rotatable bonds is 9. The first-order valence-corrected chi connectivity index (χ1v) is 13.3. The first-order valence-electron chi connectivity index (χ1n) is 11.1. The Morgan fingerprint density at radius 1 is 1.15 bits per heavy atom. The van der Waals surface area contributed by atoms with Crippen molar-refractivity contribution in [3.63, 3.8) is 0 Å². The van der Waals surface area contributed by atoms with Gasteiger partial charge in [0.05, 0.1) is 13.7 Å². The van der Waals surface area contributed by atoms with Gasteiger partial charge in [-0.2, -0.15) is 4.31 Å². The molecule has 8 nitrogen and oxygen atoms in total. The average Bonchev–Trinajstić information content (AvgIpc) is 3.37. The number of nitrogens with zero attached hydrogens (tertiary/aromatic N) is 2. The number of benzene rings is 1. The topological polar surface area (TPSA) is 101 Å². The summed E-state index contributed by atoms with van der Waals surface area (Å²) in [6, 6.07) is 14.5. The Kier molecular flexibility index (Phi) is 7.94. The van der Waals surface area contributed by atoms with Crippen LogP contribution in [0.2, 0.25) is 0 Å². The first-order chi connectivity index (χ1) is 16.5. The number of hydrogen-bond donors (Lipinski definition) is 2. The molecule has 3 heterocycles. The number of piperidine rings is 1. The molecule has 0 unspecified atom stereocenters. The van der Waals surface area contributed by atoms with E-state index in [1.807, 2.05) is 18.3 Å². The second kappa shape index (κ2) is 11.1. The van der Waals surface area contributed by atoms with Crippen molar-refractivity contribution in [2.24, 2.45) is 0 Å². The molecular weight excluding hydrogens is 472 g/mol. The maximum atomic E-state index is 13.1. The van der Waals surface area contributed by atoms with E-state index in [1.165, 1.54) is 11.3 Å². The third-order valence-electron chi connectivity index (χ3n) is 5.76. The average molecular weight is 501 g/mol. The third kappa shape index (κ3) is 6.01. The Morgan fingerprint density at radius 2 is 1.97 bits per heavy atom. The van der Waals surface area contributed by atoms with E-state index < -0.39 is 10.0 Å². The molecule has 0 spiro atoms. The van der Waals surface area contributed by atoms with Crippen molar-refractivity contribution < 1.29 is 17.9 Å². The zero-order valence-corrected chi connectivity index (χ0v) is 20.6. The molecule has 0 bridgehead atoms. The van der Waals surface area contributed by atoms with Crippen molar-refractivity contribution in [1.82, 2.24) is 19.9 Å². The monoisotopic (exact) mass is 500 g/mol. The lowest BCUT2D eigenvalue weighted by Crippen LogP contribution is -2.44. The van der Waals surface area contributed by atoms with E-state index in [2.05, 4.69) is 15.6 Å². The highest BCUT2D eigenvalue weighted by atomic mass is 32.2. The van der Waals surface area contributed by atoms with Gasteiger partial charge in [-0.3, -0.25) is 9.78 Å². The van der Waals surface area contributed by atoms with Crippen LogP contribution in [0.15, 0.2) is 65.1 Å². The molecule has 10 heteroatoms. The van der Waals surface area contributed by atoms with Crippen LogP contribution < -0.4 is 15.4 Å². The Balaban J connectivity index is 1.29. The summed E-state index contributed by atoms with van der Waals surface area (Å²) in [6.07, 6.45) is 5.10. The van der Waals surface area contributed by atoms with Gasteiger partial charge in [0.15, 0.2) is 0 Å². The van der Waals surface area contributed by atoms with Crippen LogP contribution in [0.4, 0.5) is 0 Å². The smallest absolute Gasteiger partial charge is 0.252 e. The highest BCUT2D eigenvalue weighted by Crippen LogP contribution is 2.27. The fourth-order valence-corrected chi connectivity index (χ4v) is 6.74. The first kappa shape index (κ1) is 24.3. The van der Waals surface area contributed by atoms with E-state index in [0.29, 0.717) is 28.6 Å². The molecule has 3 aromatic rings. The van der Waals surface area contributed by atoms with Crippen LogP contribution in [0.25, 0.3) is 0 Å². The van der Waals surface area contributed by atoms with E-state index in [9.17, 15) is 13.2 Å². The van der Waals surface area contributed by atoms with Crippen molar-refractivity contribution in [2.45, 2.75) is 36.2 Å². The Labute approximate surface area is 204 Å². The van der Waals surface area contributed by atoms with Gasteiger partial charge in [-0.15, -0.1) is 11.3 Å². The molecule has 0 saturated carbocycles. The predicted octanol–water partition coefficient (Wildman–Crippen LogP) is 3.02. The number of sulfonamides is 1. The van der Waals surface area contributed by atoms with Gasteiger partial charge >= 0.3 is 0 Å². The summed E-state index contributed by atoms with van der Waals surface area (Å²) >= 11 is 1.20. The highest BCUT2D eigenvalue weighted by Gasteiger charge is 2.30. The van der Waals surface area contributed by atoms with Crippen LogP contribution in [0.5, 0.6) is 5.75 Å². The molecule has 2 N–H and O–H groups in total. The number of thiophene rings is 1. The maximum Gasteiger partial charge on any atom is 0.252 e. The van der Waals surface area contributed by atoms with Crippen molar-refractivity contribution in [2.75, 3.05) is 20.2 Å². The fourth-order valence-electron chi connectivity index (χ4n) is 3.82. The van der Waals surface area contributed by atoms with Crippen molar-refractivity contribution in [1.29, 1.82) is 0 Å².